The number of phosphoric acid groups is 1. The van der Waals surface area contributed by atoms with E-state index in [1.807, 2.05) is 24.3 Å². The molecule has 3 atom stereocenters. The van der Waals surface area contributed by atoms with E-state index in [1.165, 1.54) is 20.4 Å². The summed E-state index contributed by atoms with van der Waals surface area (Å²) in [5, 5.41) is 11.8. The Morgan fingerprint density at radius 2 is 1.77 bits per heavy atom. The van der Waals surface area contributed by atoms with Crippen molar-refractivity contribution in [2.45, 2.75) is 31.8 Å². The van der Waals surface area contributed by atoms with Crippen LogP contribution < -0.4 is 20.7 Å². The summed E-state index contributed by atoms with van der Waals surface area (Å²) in [4.78, 5) is 45.7. The Bertz CT molecular complexity index is 1430. The molecule has 3 aromatic rings. The monoisotopic (exact) mass is 508 g/mol. The van der Waals surface area contributed by atoms with Crippen molar-refractivity contribution in [1.29, 1.82) is 0 Å². The summed E-state index contributed by atoms with van der Waals surface area (Å²) in [5.41, 5.74) is -0.310. The number of hydrogen-bond acceptors (Lipinski definition) is 8. The quantitative estimate of drug-likeness (QED) is 0.343. The number of methoxy groups -OCH3 is 2. The van der Waals surface area contributed by atoms with Crippen molar-refractivity contribution in [2.75, 3.05) is 20.8 Å². The number of aromatic amines is 1. The zero-order valence-corrected chi connectivity index (χ0v) is 20.0. The number of nitrogens with zero attached hydrogens (tertiary/aromatic N) is 1. The molecule has 0 saturated carbocycles. The van der Waals surface area contributed by atoms with Gasteiger partial charge in [0.1, 0.15) is 23.8 Å². The van der Waals surface area contributed by atoms with E-state index in [0.717, 1.165) is 9.95 Å². The molecule has 4 N–H and O–H groups in total. The normalized spacial score (nSPS) is 20.3. The first kappa shape index (κ1) is 25.1. The lowest BCUT2D eigenvalue weighted by Gasteiger charge is -2.20. The summed E-state index contributed by atoms with van der Waals surface area (Å²) in [6, 6.07) is 7.37. The number of nitrogens with one attached hydrogen (secondary N) is 1. The van der Waals surface area contributed by atoms with Crippen molar-refractivity contribution in [3.63, 3.8) is 0 Å². The van der Waals surface area contributed by atoms with Crippen molar-refractivity contribution in [3.8, 4) is 22.6 Å². The minimum atomic E-state index is -4.78. The maximum atomic E-state index is 12.9. The number of aliphatic hydroxyl groups is 1. The third kappa shape index (κ3) is 4.76. The predicted molar refractivity (Wildman–Crippen MR) is 125 cm³/mol. The van der Waals surface area contributed by atoms with Gasteiger partial charge in [0.2, 0.25) is 0 Å². The SMILES string of the molecule is COc1c(C)c(-c2cn([C@H]3C[C@H](O)[C@@H](COP(=O)(O)O)O3)c(=O)[nH]c2=O)c(OC)c2ccccc12. The van der Waals surface area contributed by atoms with Gasteiger partial charge in [0, 0.05) is 34.5 Å². The van der Waals surface area contributed by atoms with Crippen LogP contribution in [-0.2, 0) is 13.8 Å². The topological polar surface area (TPSA) is 170 Å². The van der Waals surface area contributed by atoms with Crippen LogP contribution in [0.4, 0.5) is 0 Å². The molecule has 2 heterocycles. The van der Waals surface area contributed by atoms with Gasteiger partial charge in [-0.05, 0) is 6.92 Å². The molecule has 1 aliphatic heterocycles. The number of aromatic nitrogens is 2. The van der Waals surface area contributed by atoms with E-state index in [1.54, 1.807) is 6.92 Å². The Labute approximate surface area is 198 Å². The lowest BCUT2D eigenvalue weighted by molar-refractivity contribution is -0.0450. The molecule has 13 heteroatoms. The number of H-pyrrole nitrogens is 1. The summed E-state index contributed by atoms with van der Waals surface area (Å²) >= 11 is 0. The third-order valence-corrected chi connectivity index (χ3v) is 6.41. The molecule has 1 saturated heterocycles. The molecule has 2 aromatic carbocycles. The number of benzene rings is 2. The first-order chi connectivity index (χ1) is 16.6. The molecule has 0 unspecified atom stereocenters. The highest BCUT2D eigenvalue weighted by Gasteiger charge is 2.37. The van der Waals surface area contributed by atoms with Gasteiger partial charge in [0.25, 0.3) is 5.56 Å². The van der Waals surface area contributed by atoms with Gasteiger partial charge in [-0.1, -0.05) is 24.3 Å². The molecule has 0 spiro atoms. The second-order valence-electron chi connectivity index (χ2n) is 8.04. The Hall–Kier alpha value is -2.99. The van der Waals surface area contributed by atoms with Gasteiger partial charge in [0.05, 0.1) is 32.5 Å². The van der Waals surface area contributed by atoms with Crippen molar-refractivity contribution >= 4 is 18.6 Å². The zero-order valence-electron chi connectivity index (χ0n) is 19.1. The lowest BCUT2D eigenvalue weighted by Crippen LogP contribution is -2.33. The number of rotatable bonds is 7. The van der Waals surface area contributed by atoms with E-state index in [2.05, 4.69) is 9.51 Å². The smallest absolute Gasteiger partial charge is 0.469 e. The van der Waals surface area contributed by atoms with Crippen LogP contribution in [-0.4, -0.2) is 57.5 Å². The molecule has 4 rings (SSSR count). The van der Waals surface area contributed by atoms with Crippen LogP contribution in [0.1, 0.15) is 18.2 Å². The van der Waals surface area contributed by atoms with Crippen molar-refractivity contribution in [1.82, 2.24) is 9.55 Å². The number of fused-ring (bicyclic) bond motifs is 1. The lowest BCUT2D eigenvalue weighted by atomic mass is 9.95. The van der Waals surface area contributed by atoms with Gasteiger partial charge in [-0.3, -0.25) is 18.9 Å². The fraction of sp³-hybridized carbons (Fsp3) is 0.364. The number of phosphoric ester groups is 1. The average Bonchev–Trinajstić information content (AvgIpc) is 3.17. The number of ether oxygens (including phenoxy) is 3. The molecule has 0 amide bonds. The third-order valence-electron chi connectivity index (χ3n) is 5.93. The minimum Gasteiger partial charge on any atom is -0.496 e. The van der Waals surface area contributed by atoms with Crippen LogP contribution in [0.2, 0.25) is 0 Å². The van der Waals surface area contributed by atoms with Crippen LogP contribution in [0.15, 0.2) is 40.1 Å². The van der Waals surface area contributed by atoms with Gasteiger partial charge in [-0.25, -0.2) is 9.36 Å². The van der Waals surface area contributed by atoms with E-state index >= 15 is 0 Å². The second kappa shape index (κ2) is 9.57. The highest BCUT2D eigenvalue weighted by atomic mass is 31.2. The largest absolute Gasteiger partial charge is 0.496 e. The fourth-order valence-corrected chi connectivity index (χ4v) is 4.72. The molecule has 0 bridgehead atoms. The molecule has 1 aromatic heterocycles. The summed E-state index contributed by atoms with van der Waals surface area (Å²) in [5.74, 6) is 0.950. The molecular formula is C22H25N2O10P. The van der Waals surface area contributed by atoms with Gasteiger partial charge in [0.15, 0.2) is 0 Å². The minimum absolute atomic E-state index is 0.0717. The first-order valence-corrected chi connectivity index (χ1v) is 12.1. The van der Waals surface area contributed by atoms with Crippen molar-refractivity contribution in [3.05, 3.63) is 56.9 Å². The Morgan fingerprint density at radius 3 is 2.37 bits per heavy atom. The van der Waals surface area contributed by atoms with E-state index in [9.17, 15) is 19.3 Å². The molecule has 35 heavy (non-hydrogen) atoms. The maximum absolute atomic E-state index is 12.9. The van der Waals surface area contributed by atoms with E-state index < -0.39 is 44.1 Å². The van der Waals surface area contributed by atoms with Gasteiger partial charge in [-0.15, -0.1) is 0 Å². The van der Waals surface area contributed by atoms with Gasteiger partial charge < -0.3 is 29.1 Å². The van der Waals surface area contributed by atoms with Crippen LogP contribution in [0.25, 0.3) is 21.9 Å². The summed E-state index contributed by atoms with van der Waals surface area (Å²) in [6.07, 6.45) is -2.04. The van der Waals surface area contributed by atoms with Crippen molar-refractivity contribution < 1.29 is 38.2 Å². The van der Waals surface area contributed by atoms with Gasteiger partial charge >= 0.3 is 13.5 Å². The van der Waals surface area contributed by atoms with Crippen molar-refractivity contribution in [2.24, 2.45) is 0 Å². The van der Waals surface area contributed by atoms with Crippen LogP contribution in [0.3, 0.4) is 0 Å². The van der Waals surface area contributed by atoms with E-state index in [0.29, 0.717) is 28.0 Å². The summed E-state index contributed by atoms with van der Waals surface area (Å²) in [7, 11) is -1.78. The Morgan fingerprint density at radius 1 is 1.14 bits per heavy atom. The average molecular weight is 508 g/mol. The highest BCUT2D eigenvalue weighted by molar-refractivity contribution is 7.46. The fourth-order valence-electron chi connectivity index (χ4n) is 4.38. The molecule has 188 valence electrons. The Balaban J connectivity index is 1.83. The first-order valence-electron chi connectivity index (χ1n) is 10.6. The van der Waals surface area contributed by atoms with E-state index in [-0.39, 0.29) is 12.0 Å². The standard InChI is InChI=1S/C22H25N2O10P/c1-11-18(20(32-3)13-7-5-4-6-12(13)19(11)31-2)14-9-24(22(27)23-21(14)26)17-8-15(25)16(34-17)10-33-35(28,29)30/h4-7,9,15-17,25H,8,10H2,1-3H3,(H,23,26,27)(H2,28,29,30)/t15-,16+,17+/m0/s1. The number of aliphatic hydroxyl groups excluding tert-OH is 1. The highest BCUT2D eigenvalue weighted by Crippen LogP contribution is 2.45. The second-order valence-corrected chi connectivity index (χ2v) is 9.28. The molecule has 1 fully saturated rings. The molecule has 0 aliphatic carbocycles. The zero-order chi connectivity index (χ0) is 25.5. The van der Waals surface area contributed by atoms with Gasteiger partial charge in [-0.2, -0.15) is 0 Å². The van der Waals surface area contributed by atoms with E-state index in [4.69, 9.17) is 24.0 Å². The molecule has 0 radical (unpaired) electrons. The Kier molecular flexibility index (Phi) is 6.87. The molecular weight excluding hydrogens is 483 g/mol. The molecule has 12 nitrogen and oxygen atoms in total. The summed E-state index contributed by atoms with van der Waals surface area (Å²) in [6.45, 7) is 1.19. The maximum Gasteiger partial charge on any atom is 0.469 e. The van der Waals surface area contributed by atoms with Crippen LogP contribution >= 0.6 is 7.82 Å². The van der Waals surface area contributed by atoms with Crippen LogP contribution in [0.5, 0.6) is 11.5 Å². The number of hydrogen-bond donors (Lipinski definition) is 4. The molecule has 1 aliphatic rings. The summed E-state index contributed by atoms with van der Waals surface area (Å²) < 4.78 is 33.5. The predicted octanol–water partition coefficient (Wildman–Crippen LogP) is 1.44. The van der Waals surface area contributed by atoms with Crippen LogP contribution in [0, 0.1) is 6.92 Å².